The number of Topliss-reactive ketones (excluding diaryl/α,β-unsaturated/α-hetero) is 1. The van der Waals surface area contributed by atoms with Crippen LogP contribution in [0.3, 0.4) is 0 Å². The van der Waals surface area contributed by atoms with Gasteiger partial charge in [0.15, 0.2) is 0 Å². The van der Waals surface area contributed by atoms with Crippen molar-refractivity contribution in [3.05, 3.63) is 23.8 Å². The Bertz CT molecular complexity index is 235. The molecular weight excluding hydrogens is 136 g/mol. The fourth-order valence-corrected chi connectivity index (χ4v) is 1.91. The summed E-state index contributed by atoms with van der Waals surface area (Å²) in [6.07, 6.45) is 10.2. The van der Waals surface area contributed by atoms with Gasteiger partial charge in [-0.2, -0.15) is 0 Å². The molecule has 2 rings (SSSR count). The Hall–Kier alpha value is -0.850. The molecule has 1 unspecified atom stereocenters. The molecule has 0 heterocycles. The van der Waals surface area contributed by atoms with E-state index in [-0.39, 0.29) is 5.92 Å². The largest absolute Gasteiger partial charge is 0.299 e. The zero-order chi connectivity index (χ0) is 7.68. The average Bonchev–Trinajstić information content (AvgIpc) is 2.06. The number of ketones is 1. The minimum atomic E-state index is 0.258. The van der Waals surface area contributed by atoms with E-state index in [1.807, 2.05) is 0 Å². The Morgan fingerprint density at radius 2 is 2.27 bits per heavy atom. The van der Waals surface area contributed by atoms with E-state index in [9.17, 15) is 4.79 Å². The summed E-state index contributed by atoms with van der Waals surface area (Å²) in [7, 11) is 0. The second kappa shape index (κ2) is 2.65. The van der Waals surface area contributed by atoms with Gasteiger partial charge < -0.3 is 0 Å². The fraction of sp³-hybridized carbons (Fsp3) is 0.500. The van der Waals surface area contributed by atoms with Crippen LogP contribution in [0.15, 0.2) is 23.8 Å². The van der Waals surface area contributed by atoms with Crippen molar-refractivity contribution in [2.45, 2.75) is 25.7 Å². The van der Waals surface area contributed by atoms with Gasteiger partial charge in [-0.05, 0) is 19.3 Å². The minimum Gasteiger partial charge on any atom is -0.299 e. The van der Waals surface area contributed by atoms with E-state index in [1.54, 1.807) is 0 Å². The predicted octanol–water partition coefficient (Wildman–Crippen LogP) is 2.24. The third kappa shape index (κ3) is 1.15. The van der Waals surface area contributed by atoms with Crippen molar-refractivity contribution in [2.75, 3.05) is 0 Å². The molecule has 0 aromatic carbocycles. The van der Waals surface area contributed by atoms with Crippen LogP contribution in [-0.4, -0.2) is 5.78 Å². The third-order valence-electron chi connectivity index (χ3n) is 2.54. The van der Waals surface area contributed by atoms with E-state index in [0.29, 0.717) is 5.78 Å². The molecule has 0 N–H and O–H groups in total. The van der Waals surface area contributed by atoms with Gasteiger partial charge in [-0.15, -0.1) is 0 Å². The first kappa shape index (κ1) is 6.84. The number of fused-ring (bicyclic) bond motifs is 1. The average molecular weight is 148 g/mol. The van der Waals surface area contributed by atoms with Gasteiger partial charge in [0.1, 0.15) is 5.78 Å². The molecule has 0 saturated heterocycles. The Morgan fingerprint density at radius 1 is 1.36 bits per heavy atom. The first-order chi connectivity index (χ1) is 5.38. The number of carbonyl (C=O) groups excluding carboxylic acids is 1. The van der Waals surface area contributed by atoms with Gasteiger partial charge in [-0.1, -0.05) is 23.8 Å². The van der Waals surface area contributed by atoms with Crippen LogP contribution in [0.1, 0.15) is 25.7 Å². The van der Waals surface area contributed by atoms with Crippen molar-refractivity contribution >= 4 is 5.78 Å². The van der Waals surface area contributed by atoms with E-state index >= 15 is 0 Å². The monoisotopic (exact) mass is 148 g/mol. The molecule has 1 nitrogen and oxygen atoms in total. The van der Waals surface area contributed by atoms with E-state index < -0.39 is 0 Å². The fourth-order valence-electron chi connectivity index (χ4n) is 1.91. The van der Waals surface area contributed by atoms with Crippen LogP contribution >= 0.6 is 0 Å². The molecule has 0 aromatic rings. The van der Waals surface area contributed by atoms with Gasteiger partial charge in [-0.3, -0.25) is 4.79 Å². The molecule has 1 fully saturated rings. The van der Waals surface area contributed by atoms with Crippen molar-refractivity contribution in [1.82, 2.24) is 0 Å². The van der Waals surface area contributed by atoms with Gasteiger partial charge in [0.25, 0.3) is 0 Å². The number of hydrogen-bond donors (Lipinski definition) is 0. The summed E-state index contributed by atoms with van der Waals surface area (Å²) in [6.45, 7) is 0. The van der Waals surface area contributed by atoms with Gasteiger partial charge in [0.2, 0.25) is 0 Å². The lowest BCUT2D eigenvalue weighted by molar-refractivity contribution is -0.122. The van der Waals surface area contributed by atoms with Crippen molar-refractivity contribution in [3.63, 3.8) is 0 Å². The Labute approximate surface area is 66.8 Å². The van der Waals surface area contributed by atoms with Crippen LogP contribution in [-0.2, 0) is 4.79 Å². The van der Waals surface area contributed by atoms with Crippen LogP contribution in [0.2, 0.25) is 0 Å². The zero-order valence-electron chi connectivity index (χ0n) is 6.55. The van der Waals surface area contributed by atoms with Crippen LogP contribution in [0, 0.1) is 5.92 Å². The van der Waals surface area contributed by atoms with Crippen LogP contribution in [0.4, 0.5) is 0 Å². The highest BCUT2D eigenvalue weighted by molar-refractivity contribution is 5.85. The first-order valence-electron chi connectivity index (χ1n) is 4.26. The minimum absolute atomic E-state index is 0.258. The molecule has 0 bridgehead atoms. The zero-order valence-corrected chi connectivity index (χ0v) is 6.55. The summed E-state index contributed by atoms with van der Waals surface area (Å²) in [5, 5.41) is 0. The summed E-state index contributed by atoms with van der Waals surface area (Å²) >= 11 is 0. The summed E-state index contributed by atoms with van der Waals surface area (Å²) in [6, 6.07) is 0. The molecule has 2 aliphatic rings. The summed E-state index contributed by atoms with van der Waals surface area (Å²) in [5.74, 6) is 0.709. The lowest BCUT2D eigenvalue weighted by Crippen LogP contribution is -2.22. The lowest BCUT2D eigenvalue weighted by Gasteiger charge is -2.24. The maximum Gasteiger partial charge on any atom is 0.140 e. The molecule has 1 heteroatoms. The predicted molar refractivity (Wildman–Crippen MR) is 44.2 cm³/mol. The second-order valence-corrected chi connectivity index (χ2v) is 3.28. The Morgan fingerprint density at radius 3 is 3.09 bits per heavy atom. The van der Waals surface area contributed by atoms with Gasteiger partial charge in [0.05, 0.1) is 0 Å². The molecule has 1 saturated carbocycles. The number of hydrogen-bond acceptors (Lipinski definition) is 1. The lowest BCUT2D eigenvalue weighted by atomic mass is 9.79. The highest BCUT2D eigenvalue weighted by Crippen LogP contribution is 2.31. The SMILES string of the molecule is O=C1CCCC2=CC=CCC12. The number of carbonyl (C=O) groups is 1. The summed E-state index contributed by atoms with van der Waals surface area (Å²) in [5.41, 5.74) is 1.36. The van der Waals surface area contributed by atoms with Crippen molar-refractivity contribution in [3.8, 4) is 0 Å². The van der Waals surface area contributed by atoms with Crippen LogP contribution in [0.5, 0.6) is 0 Å². The highest BCUT2D eigenvalue weighted by atomic mass is 16.1. The quantitative estimate of drug-likeness (QED) is 0.515. The Kier molecular flexibility index (Phi) is 1.65. The van der Waals surface area contributed by atoms with E-state index in [1.165, 1.54) is 5.57 Å². The van der Waals surface area contributed by atoms with E-state index in [0.717, 1.165) is 25.7 Å². The third-order valence-corrected chi connectivity index (χ3v) is 2.54. The van der Waals surface area contributed by atoms with Gasteiger partial charge in [-0.25, -0.2) is 0 Å². The molecule has 0 radical (unpaired) electrons. The molecular formula is C10H12O. The molecule has 1 atom stereocenters. The van der Waals surface area contributed by atoms with E-state index in [2.05, 4.69) is 18.2 Å². The highest BCUT2D eigenvalue weighted by Gasteiger charge is 2.26. The maximum absolute atomic E-state index is 11.4. The topological polar surface area (TPSA) is 17.1 Å². The molecule has 2 aliphatic carbocycles. The smallest absolute Gasteiger partial charge is 0.140 e. The number of allylic oxidation sites excluding steroid dienone is 4. The standard InChI is InChI=1S/C10H12O/c11-10-7-3-5-8-4-1-2-6-9(8)10/h1-2,4,9H,3,5-7H2. The van der Waals surface area contributed by atoms with E-state index in [4.69, 9.17) is 0 Å². The number of rotatable bonds is 0. The normalized spacial score (nSPS) is 29.6. The molecule has 0 aromatic heterocycles. The summed E-state index contributed by atoms with van der Waals surface area (Å²) < 4.78 is 0. The van der Waals surface area contributed by atoms with Crippen molar-refractivity contribution in [2.24, 2.45) is 5.92 Å². The van der Waals surface area contributed by atoms with Crippen molar-refractivity contribution in [1.29, 1.82) is 0 Å². The molecule has 58 valence electrons. The summed E-state index contributed by atoms with van der Waals surface area (Å²) in [4.78, 5) is 11.4. The molecule has 0 aliphatic heterocycles. The molecule has 11 heavy (non-hydrogen) atoms. The Balaban J connectivity index is 2.24. The second-order valence-electron chi connectivity index (χ2n) is 3.28. The van der Waals surface area contributed by atoms with Crippen LogP contribution in [0.25, 0.3) is 0 Å². The van der Waals surface area contributed by atoms with Gasteiger partial charge >= 0.3 is 0 Å². The maximum atomic E-state index is 11.4. The molecule has 0 spiro atoms. The van der Waals surface area contributed by atoms with Gasteiger partial charge in [0, 0.05) is 12.3 Å². The van der Waals surface area contributed by atoms with Crippen molar-refractivity contribution < 1.29 is 4.79 Å². The molecule has 0 amide bonds. The first-order valence-corrected chi connectivity index (χ1v) is 4.26. The van der Waals surface area contributed by atoms with Crippen LogP contribution < -0.4 is 0 Å².